The summed E-state index contributed by atoms with van der Waals surface area (Å²) in [5.41, 5.74) is 1.17. The van der Waals surface area contributed by atoms with Gasteiger partial charge in [-0.3, -0.25) is 0 Å². The second-order valence-corrected chi connectivity index (χ2v) is 8.82. The lowest BCUT2D eigenvalue weighted by atomic mass is 9.69. The zero-order valence-electron chi connectivity index (χ0n) is 14.2. The SMILES string of the molecule is Fc1ccc(C2(CNC(=S)Nc3ncc(Br)cc3Br)CCCCC2)cc1. The summed E-state index contributed by atoms with van der Waals surface area (Å²) in [5, 5.41) is 7.02. The molecule has 0 saturated heterocycles. The third-order valence-electron chi connectivity index (χ3n) is 4.89. The van der Waals surface area contributed by atoms with Gasteiger partial charge >= 0.3 is 0 Å². The summed E-state index contributed by atoms with van der Waals surface area (Å²) >= 11 is 12.3. The highest BCUT2D eigenvalue weighted by Gasteiger charge is 2.34. The molecule has 3 rings (SSSR count). The Morgan fingerprint density at radius 1 is 1.15 bits per heavy atom. The maximum absolute atomic E-state index is 13.3. The summed E-state index contributed by atoms with van der Waals surface area (Å²) in [6.07, 6.45) is 7.49. The number of hydrogen-bond donors (Lipinski definition) is 2. The van der Waals surface area contributed by atoms with Crippen LogP contribution in [0.2, 0.25) is 0 Å². The van der Waals surface area contributed by atoms with Gasteiger partial charge in [-0.05, 0) is 80.7 Å². The van der Waals surface area contributed by atoms with Gasteiger partial charge in [0.05, 0.1) is 4.47 Å². The minimum atomic E-state index is -0.198. The molecule has 1 aliphatic carbocycles. The molecule has 0 atom stereocenters. The van der Waals surface area contributed by atoms with Crippen LogP contribution in [0.25, 0.3) is 0 Å². The molecule has 1 aliphatic rings. The first-order valence-electron chi connectivity index (χ1n) is 8.60. The number of halogens is 3. The van der Waals surface area contributed by atoms with Crippen molar-refractivity contribution in [3.05, 3.63) is 56.9 Å². The summed E-state index contributed by atoms with van der Waals surface area (Å²) in [4.78, 5) is 4.32. The average Bonchev–Trinajstić information content (AvgIpc) is 2.64. The number of benzene rings is 1. The molecular weight excluding hydrogens is 481 g/mol. The number of aromatic nitrogens is 1. The predicted molar refractivity (Wildman–Crippen MR) is 115 cm³/mol. The first kappa shape index (κ1) is 19.7. The lowest BCUT2D eigenvalue weighted by Crippen LogP contribution is -2.43. The lowest BCUT2D eigenvalue weighted by Gasteiger charge is -2.38. The summed E-state index contributed by atoms with van der Waals surface area (Å²) in [6.45, 7) is 0.721. The molecule has 0 bridgehead atoms. The summed E-state index contributed by atoms with van der Waals surface area (Å²) < 4.78 is 15.1. The lowest BCUT2D eigenvalue weighted by molar-refractivity contribution is 0.292. The number of thiocarbonyl (C=S) groups is 1. The second-order valence-electron chi connectivity index (χ2n) is 6.64. The molecule has 0 amide bonds. The Morgan fingerprint density at radius 3 is 2.50 bits per heavy atom. The van der Waals surface area contributed by atoms with Gasteiger partial charge < -0.3 is 10.6 Å². The molecule has 1 aromatic heterocycles. The van der Waals surface area contributed by atoms with Gasteiger partial charge in [0.15, 0.2) is 5.11 Å². The van der Waals surface area contributed by atoms with Crippen molar-refractivity contribution in [1.29, 1.82) is 0 Å². The van der Waals surface area contributed by atoms with Crippen molar-refractivity contribution in [3.63, 3.8) is 0 Å². The van der Waals surface area contributed by atoms with Crippen LogP contribution in [0.3, 0.4) is 0 Å². The van der Waals surface area contributed by atoms with E-state index < -0.39 is 0 Å². The van der Waals surface area contributed by atoms with Crippen LogP contribution in [0.15, 0.2) is 45.5 Å². The molecule has 0 aliphatic heterocycles. The Bertz CT molecular complexity index is 777. The van der Waals surface area contributed by atoms with Crippen LogP contribution >= 0.6 is 44.1 Å². The highest BCUT2D eigenvalue weighted by atomic mass is 79.9. The van der Waals surface area contributed by atoms with Crippen LogP contribution in [-0.2, 0) is 5.41 Å². The largest absolute Gasteiger partial charge is 0.362 e. The quantitative estimate of drug-likeness (QED) is 0.510. The van der Waals surface area contributed by atoms with Gasteiger partial charge in [0.1, 0.15) is 11.6 Å². The molecule has 1 aromatic carbocycles. The van der Waals surface area contributed by atoms with E-state index in [0.717, 1.165) is 28.3 Å². The Kier molecular flexibility index (Phi) is 6.64. The third-order valence-corrected chi connectivity index (χ3v) is 6.18. The van der Waals surface area contributed by atoms with E-state index in [9.17, 15) is 4.39 Å². The molecule has 1 saturated carbocycles. The van der Waals surface area contributed by atoms with E-state index >= 15 is 0 Å². The smallest absolute Gasteiger partial charge is 0.172 e. The predicted octanol–water partition coefficient (Wildman–Crippen LogP) is 5.93. The summed E-state index contributed by atoms with van der Waals surface area (Å²) in [6, 6.07) is 8.83. The van der Waals surface area contributed by atoms with Crippen molar-refractivity contribution in [2.45, 2.75) is 37.5 Å². The first-order chi connectivity index (χ1) is 12.5. The van der Waals surface area contributed by atoms with E-state index in [4.69, 9.17) is 12.2 Å². The monoisotopic (exact) mass is 499 g/mol. The fourth-order valence-corrected chi connectivity index (χ4v) is 4.76. The molecule has 7 heteroatoms. The molecule has 1 fully saturated rings. The average molecular weight is 501 g/mol. The fraction of sp³-hybridized carbons (Fsp3) is 0.368. The number of rotatable bonds is 4. The zero-order valence-corrected chi connectivity index (χ0v) is 18.2. The van der Waals surface area contributed by atoms with Gasteiger partial charge in [0.25, 0.3) is 0 Å². The maximum atomic E-state index is 13.3. The van der Waals surface area contributed by atoms with Crippen molar-refractivity contribution in [1.82, 2.24) is 10.3 Å². The Labute approximate surface area is 175 Å². The first-order valence-corrected chi connectivity index (χ1v) is 10.6. The number of pyridine rings is 1. The number of hydrogen-bond acceptors (Lipinski definition) is 2. The van der Waals surface area contributed by atoms with Crippen LogP contribution in [-0.4, -0.2) is 16.6 Å². The summed E-state index contributed by atoms with van der Waals surface area (Å²) in [7, 11) is 0. The highest BCUT2D eigenvalue weighted by molar-refractivity contribution is 9.11. The van der Waals surface area contributed by atoms with Crippen molar-refractivity contribution < 1.29 is 4.39 Å². The van der Waals surface area contributed by atoms with Gasteiger partial charge in [-0.15, -0.1) is 0 Å². The zero-order chi connectivity index (χ0) is 18.6. The molecule has 138 valence electrons. The second kappa shape index (κ2) is 8.76. The minimum Gasteiger partial charge on any atom is -0.362 e. The maximum Gasteiger partial charge on any atom is 0.172 e. The van der Waals surface area contributed by atoms with Crippen LogP contribution in [0.4, 0.5) is 10.2 Å². The molecule has 26 heavy (non-hydrogen) atoms. The summed E-state index contributed by atoms with van der Waals surface area (Å²) in [5.74, 6) is 0.473. The van der Waals surface area contributed by atoms with Crippen LogP contribution in [0.1, 0.15) is 37.7 Å². The normalized spacial score (nSPS) is 16.1. The van der Waals surface area contributed by atoms with Crippen molar-refractivity contribution >= 4 is 55.0 Å². The van der Waals surface area contributed by atoms with Crippen molar-refractivity contribution in [3.8, 4) is 0 Å². The van der Waals surface area contributed by atoms with E-state index in [0.29, 0.717) is 10.9 Å². The van der Waals surface area contributed by atoms with Crippen molar-refractivity contribution in [2.24, 2.45) is 0 Å². The van der Waals surface area contributed by atoms with E-state index in [1.54, 1.807) is 18.3 Å². The minimum absolute atomic E-state index is 0.0118. The molecule has 0 spiro atoms. The Morgan fingerprint density at radius 2 is 1.85 bits per heavy atom. The van der Waals surface area contributed by atoms with Crippen LogP contribution in [0, 0.1) is 5.82 Å². The molecular formula is C19H20Br2FN3S. The molecule has 3 nitrogen and oxygen atoms in total. The van der Waals surface area contributed by atoms with Gasteiger partial charge in [-0.1, -0.05) is 31.4 Å². The van der Waals surface area contributed by atoms with E-state index in [2.05, 4.69) is 47.5 Å². The highest BCUT2D eigenvalue weighted by Crippen LogP contribution is 2.39. The Hall–Kier alpha value is -1.05. The van der Waals surface area contributed by atoms with Gasteiger partial charge in [0, 0.05) is 22.6 Å². The number of anilines is 1. The van der Waals surface area contributed by atoms with Crippen molar-refractivity contribution in [2.75, 3.05) is 11.9 Å². The van der Waals surface area contributed by atoms with Crippen LogP contribution in [0.5, 0.6) is 0 Å². The molecule has 2 aromatic rings. The Balaban J connectivity index is 1.69. The van der Waals surface area contributed by atoms with E-state index in [1.807, 2.05) is 18.2 Å². The number of nitrogens with one attached hydrogen (secondary N) is 2. The van der Waals surface area contributed by atoms with E-state index in [-0.39, 0.29) is 11.2 Å². The third kappa shape index (κ3) is 4.81. The molecule has 2 N–H and O–H groups in total. The fourth-order valence-electron chi connectivity index (χ4n) is 3.51. The van der Waals surface area contributed by atoms with Gasteiger partial charge in [0.2, 0.25) is 0 Å². The van der Waals surface area contributed by atoms with Gasteiger partial charge in [-0.2, -0.15) is 0 Å². The van der Waals surface area contributed by atoms with Gasteiger partial charge in [-0.25, -0.2) is 9.37 Å². The van der Waals surface area contributed by atoms with Crippen LogP contribution < -0.4 is 10.6 Å². The molecule has 0 radical (unpaired) electrons. The topological polar surface area (TPSA) is 37.0 Å². The molecule has 1 heterocycles. The van der Waals surface area contributed by atoms with E-state index in [1.165, 1.54) is 24.8 Å². The standard InChI is InChI=1S/C19H20Br2FN3S/c20-14-10-16(21)17(23-11-14)25-18(26)24-12-19(8-2-1-3-9-19)13-4-6-15(22)7-5-13/h4-7,10-11H,1-3,8-9,12H2,(H2,23,24,25,26). The molecule has 0 unspecified atom stereocenters. The number of nitrogens with zero attached hydrogens (tertiary/aromatic N) is 1.